The molecule has 128 valence electrons. The van der Waals surface area contributed by atoms with E-state index in [2.05, 4.69) is 70.7 Å². The predicted molar refractivity (Wildman–Crippen MR) is 98.4 cm³/mol. The van der Waals surface area contributed by atoms with Crippen molar-refractivity contribution >= 4 is 0 Å². The van der Waals surface area contributed by atoms with Crippen molar-refractivity contribution in [3.05, 3.63) is 71.8 Å². The molecule has 1 saturated heterocycles. The van der Waals surface area contributed by atoms with E-state index in [1.165, 1.54) is 17.5 Å². The van der Waals surface area contributed by atoms with Gasteiger partial charge in [-0.3, -0.25) is 0 Å². The number of nitrogens with zero attached hydrogens (tertiary/aromatic N) is 2. The van der Waals surface area contributed by atoms with Gasteiger partial charge in [0.2, 0.25) is 0 Å². The van der Waals surface area contributed by atoms with Gasteiger partial charge in [0.25, 0.3) is 0 Å². The third kappa shape index (κ3) is 4.91. The lowest BCUT2D eigenvalue weighted by Crippen LogP contribution is -2.49. The first-order chi connectivity index (χ1) is 11.8. The summed E-state index contributed by atoms with van der Waals surface area (Å²) in [5, 5.41) is 14.5. The van der Waals surface area contributed by atoms with E-state index in [1.54, 1.807) is 0 Å². The zero-order valence-corrected chi connectivity index (χ0v) is 14.3. The highest BCUT2D eigenvalue weighted by Gasteiger charge is 2.24. The van der Waals surface area contributed by atoms with Crippen LogP contribution in [0.2, 0.25) is 0 Å². The number of aliphatic hydroxyl groups excluding tert-OH is 1. The maximum absolute atomic E-state index is 9.54. The monoisotopic (exact) mass is 324 g/mol. The SMILES string of the molecule is OCC1CCCN(N(CCc2ccccc2)Cc2ccccc2)C1. The zero-order chi connectivity index (χ0) is 16.6. The maximum atomic E-state index is 9.54. The van der Waals surface area contributed by atoms with Gasteiger partial charge in [-0.15, -0.1) is 0 Å². The number of rotatable bonds is 7. The summed E-state index contributed by atoms with van der Waals surface area (Å²) in [5.74, 6) is 0.411. The van der Waals surface area contributed by atoms with Crippen molar-refractivity contribution < 1.29 is 5.11 Å². The quantitative estimate of drug-likeness (QED) is 0.846. The van der Waals surface area contributed by atoms with Crippen LogP contribution < -0.4 is 0 Å². The number of piperidine rings is 1. The Kier molecular flexibility index (Phi) is 6.41. The van der Waals surface area contributed by atoms with Gasteiger partial charge in [0.05, 0.1) is 0 Å². The standard InChI is InChI=1S/C21H28N2O/c24-18-21-12-7-14-22(17-21)23(16-20-10-5-2-6-11-20)15-13-19-8-3-1-4-9-19/h1-6,8-11,21,24H,7,12-18H2. The molecule has 1 heterocycles. The van der Waals surface area contributed by atoms with E-state index in [-0.39, 0.29) is 0 Å². The van der Waals surface area contributed by atoms with E-state index in [1.807, 2.05) is 0 Å². The number of hydrazine groups is 1. The molecule has 3 heteroatoms. The average Bonchev–Trinajstić information content (AvgIpc) is 2.67. The molecule has 3 rings (SSSR count). The van der Waals surface area contributed by atoms with E-state index in [4.69, 9.17) is 0 Å². The van der Waals surface area contributed by atoms with Gasteiger partial charge in [-0.05, 0) is 36.3 Å². The van der Waals surface area contributed by atoms with Crippen molar-refractivity contribution in [2.45, 2.75) is 25.8 Å². The van der Waals surface area contributed by atoms with Gasteiger partial charge in [-0.2, -0.15) is 0 Å². The van der Waals surface area contributed by atoms with Crippen LogP contribution in [0.15, 0.2) is 60.7 Å². The molecule has 0 bridgehead atoms. The summed E-state index contributed by atoms with van der Waals surface area (Å²) in [7, 11) is 0. The van der Waals surface area contributed by atoms with Gasteiger partial charge in [0, 0.05) is 32.8 Å². The van der Waals surface area contributed by atoms with Crippen molar-refractivity contribution in [2.75, 3.05) is 26.2 Å². The van der Waals surface area contributed by atoms with E-state index < -0.39 is 0 Å². The molecule has 0 amide bonds. The number of hydrogen-bond acceptors (Lipinski definition) is 3. The minimum Gasteiger partial charge on any atom is -0.396 e. The molecule has 1 aliphatic heterocycles. The second kappa shape index (κ2) is 8.97. The van der Waals surface area contributed by atoms with Crippen molar-refractivity contribution in [3.8, 4) is 0 Å². The van der Waals surface area contributed by atoms with E-state index in [0.717, 1.165) is 39.0 Å². The second-order valence-electron chi connectivity index (χ2n) is 6.71. The molecule has 0 aliphatic carbocycles. The van der Waals surface area contributed by atoms with Crippen molar-refractivity contribution in [1.82, 2.24) is 10.0 Å². The molecule has 1 atom stereocenters. The van der Waals surface area contributed by atoms with Crippen LogP contribution in [-0.4, -0.2) is 41.4 Å². The molecule has 2 aromatic rings. The van der Waals surface area contributed by atoms with E-state index in [9.17, 15) is 5.11 Å². The topological polar surface area (TPSA) is 26.7 Å². The van der Waals surface area contributed by atoms with Crippen molar-refractivity contribution in [1.29, 1.82) is 0 Å². The first-order valence-electron chi connectivity index (χ1n) is 9.03. The highest BCUT2D eigenvalue weighted by molar-refractivity contribution is 5.16. The van der Waals surface area contributed by atoms with Crippen LogP contribution in [0.1, 0.15) is 24.0 Å². The number of hydrogen-bond donors (Lipinski definition) is 1. The Hall–Kier alpha value is -1.68. The first kappa shape index (κ1) is 17.2. The second-order valence-corrected chi connectivity index (χ2v) is 6.71. The normalized spacial score (nSPS) is 18.8. The van der Waals surface area contributed by atoms with Crippen LogP contribution in [0.4, 0.5) is 0 Å². The third-order valence-corrected chi connectivity index (χ3v) is 4.87. The Balaban J connectivity index is 1.67. The van der Waals surface area contributed by atoms with Crippen LogP contribution in [0, 0.1) is 5.92 Å². The van der Waals surface area contributed by atoms with Gasteiger partial charge in [-0.1, -0.05) is 60.7 Å². The fourth-order valence-electron chi connectivity index (χ4n) is 3.47. The van der Waals surface area contributed by atoms with Crippen molar-refractivity contribution in [2.24, 2.45) is 5.92 Å². The lowest BCUT2D eigenvalue weighted by Gasteiger charge is -2.40. The summed E-state index contributed by atoms with van der Waals surface area (Å²) < 4.78 is 0. The van der Waals surface area contributed by atoms with Crippen LogP contribution in [0.25, 0.3) is 0 Å². The zero-order valence-electron chi connectivity index (χ0n) is 14.3. The molecule has 0 aromatic heterocycles. The van der Waals surface area contributed by atoms with Crippen molar-refractivity contribution in [3.63, 3.8) is 0 Å². The van der Waals surface area contributed by atoms with Gasteiger partial charge >= 0.3 is 0 Å². The van der Waals surface area contributed by atoms with Gasteiger partial charge in [0.15, 0.2) is 0 Å². The molecule has 1 N–H and O–H groups in total. The van der Waals surface area contributed by atoms with E-state index >= 15 is 0 Å². The Bertz CT molecular complexity index is 587. The summed E-state index contributed by atoms with van der Waals surface area (Å²) in [5.41, 5.74) is 2.72. The Morgan fingerprint density at radius 1 is 0.958 bits per heavy atom. The van der Waals surface area contributed by atoms with Crippen LogP contribution >= 0.6 is 0 Å². The van der Waals surface area contributed by atoms with Gasteiger partial charge < -0.3 is 5.11 Å². The molecule has 1 fully saturated rings. The number of aliphatic hydroxyl groups is 1. The fraction of sp³-hybridized carbons (Fsp3) is 0.429. The Labute approximate surface area is 145 Å². The summed E-state index contributed by atoms with van der Waals surface area (Å²) in [4.78, 5) is 0. The van der Waals surface area contributed by atoms with Crippen LogP contribution in [-0.2, 0) is 13.0 Å². The fourth-order valence-corrected chi connectivity index (χ4v) is 3.47. The largest absolute Gasteiger partial charge is 0.396 e. The summed E-state index contributed by atoms with van der Waals surface area (Å²) in [6.07, 6.45) is 3.36. The Morgan fingerprint density at radius 3 is 2.29 bits per heavy atom. The summed E-state index contributed by atoms with van der Waals surface area (Å²) in [6.45, 7) is 4.31. The number of benzene rings is 2. The maximum Gasteiger partial charge on any atom is 0.0472 e. The minimum atomic E-state index is 0.300. The van der Waals surface area contributed by atoms with Gasteiger partial charge in [0.1, 0.15) is 0 Å². The van der Waals surface area contributed by atoms with Crippen LogP contribution in [0.5, 0.6) is 0 Å². The molecular formula is C21H28N2O. The molecule has 0 saturated carbocycles. The predicted octanol–water partition coefficient (Wildman–Crippen LogP) is 3.35. The third-order valence-electron chi connectivity index (χ3n) is 4.87. The highest BCUT2D eigenvalue weighted by Crippen LogP contribution is 2.19. The molecule has 0 radical (unpaired) electrons. The van der Waals surface area contributed by atoms with E-state index in [0.29, 0.717) is 12.5 Å². The molecular weight excluding hydrogens is 296 g/mol. The smallest absolute Gasteiger partial charge is 0.0472 e. The molecule has 1 unspecified atom stereocenters. The molecule has 3 nitrogen and oxygen atoms in total. The molecule has 2 aromatic carbocycles. The summed E-state index contributed by atoms with van der Waals surface area (Å²) >= 11 is 0. The first-order valence-corrected chi connectivity index (χ1v) is 9.03. The Morgan fingerprint density at radius 2 is 1.62 bits per heavy atom. The molecule has 1 aliphatic rings. The minimum absolute atomic E-state index is 0.300. The molecule has 24 heavy (non-hydrogen) atoms. The summed E-state index contributed by atoms with van der Waals surface area (Å²) in [6, 6.07) is 21.4. The van der Waals surface area contributed by atoms with Crippen LogP contribution in [0.3, 0.4) is 0 Å². The average molecular weight is 324 g/mol. The lowest BCUT2D eigenvalue weighted by molar-refractivity contribution is -0.0677. The lowest BCUT2D eigenvalue weighted by atomic mass is 10.00. The highest BCUT2D eigenvalue weighted by atomic mass is 16.3. The molecule has 0 spiro atoms. The van der Waals surface area contributed by atoms with Gasteiger partial charge in [-0.25, -0.2) is 10.0 Å².